The van der Waals surface area contributed by atoms with Crippen molar-refractivity contribution in [3.63, 3.8) is 0 Å². The maximum absolute atomic E-state index is 13.4. The van der Waals surface area contributed by atoms with E-state index >= 15 is 0 Å². The van der Waals surface area contributed by atoms with E-state index in [0.717, 1.165) is 12.1 Å². The highest BCUT2D eigenvalue weighted by Gasteiger charge is 2.14. The fraction of sp³-hybridized carbons (Fsp3) is 0.125. The zero-order chi connectivity index (χ0) is 18.4. The summed E-state index contributed by atoms with van der Waals surface area (Å²) in [7, 11) is 0. The largest absolute Gasteiger partial charge is 0.460 e. The summed E-state index contributed by atoms with van der Waals surface area (Å²) in [6.45, 7) is -0.653. The lowest BCUT2D eigenvalue weighted by Gasteiger charge is -2.07. The molecule has 0 saturated carbocycles. The molecule has 0 radical (unpaired) electrons. The molecule has 9 heteroatoms. The number of carbonyl (C=O) groups is 2. The summed E-state index contributed by atoms with van der Waals surface area (Å²) < 4.78 is 31.1. The molecule has 130 valence electrons. The van der Waals surface area contributed by atoms with Gasteiger partial charge in [-0.1, -0.05) is 0 Å². The summed E-state index contributed by atoms with van der Waals surface area (Å²) in [5.41, 5.74) is 0.0306. The van der Waals surface area contributed by atoms with Crippen molar-refractivity contribution in [2.75, 3.05) is 6.54 Å². The molecule has 2 rings (SSSR count). The average Bonchev–Trinajstić information content (AvgIpc) is 2.58. The first kappa shape index (κ1) is 18.0. The molecule has 0 aromatic heterocycles. The topological polar surface area (TPSA) is 98.5 Å². The summed E-state index contributed by atoms with van der Waals surface area (Å²) in [5.74, 6) is -3.53. The van der Waals surface area contributed by atoms with Gasteiger partial charge in [0.2, 0.25) is 0 Å². The summed E-state index contributed by atoms with van der Waals surface area (Å²) in [5, 5.41) is 12.7. The minimum absolute atomic E-state index is 0.0938. The number of hydrogen-bond donors (Lipinski definition) is 1. The van der Waals surface area contributed by atoms with E-state index in [-0.39, 0.29) is 12.3 Å². The van der Waals surface area contributed by atoms with Crippen LogP contribution in [-0.4, -0.2) is 23.3 Å². The first-order valence-electron chi connectivity index (χ1n) is 6.99. The molecule has 0 unspecified atom stereocenters. The van der Waals surface area contributed by atoms with E-state index in [1.54, 1.807) is 0 Å². The standard InChI is InChI=1S/C16H12F2N2O5/c17-11-3-6-13(14(18)7-11)16(22)19-8-15(21)25-9-10-1-4-12(5-2-10)20(23)24/h1-7H,8-9H2,(H,19,22). The Hall–Kier alpha value is -3.36. The van der Waals surface area contributed by atoms with Gasteiger partial charge in [0.05, 0.1) is 10.5 Å². The van der Waals surface area contributed by atoms with E-state index in [1.807, 2.05) is 0 Å². The molecular weight excluding hydrogens is 338 g/mol. The number of halogens is 2. The molecule has 0 aliphatic rings. The summed E-state index contributed by atoms with van der Waals surface area (Å²) in [4.78, 5) is 33.2. The zero-order valence-corrected chi connectivity index (χ0v) is 12.7. The van der Waals surface area contributed by atoms with Crippen LogP contribution in [0.15, 0.2) is 42.5 Å². The molecule has 0 atom stereocenters. The highest BCUT2D eigenvalue weighted by atomic mass is 19.1. The molecule has 0 bridgehead atoms. The number of benzene rings is 2. The van der Waals surface area contributed by atoms with Crippen molar-refractivity contribution < 1.29 is 28.0 Å². The molecule has 0 aliphatic heterocycles. The Morgan fingerprint density at radius 2 is 1.80 bits per heavy atom. The second kappa shape index (κ2) is 7.95. The van der Waals surface area contributed by atoms with Crippen molar-refractivity contribution >= 4 is 17.6 Å². The van der Waals surface area contributed by atoms with Gasteiger partial charge in [0.15, 0.2) is 0 Å². The predicted molar refractivity (Wildman–Crippen MR) is 81.6 cm³/mol. The summed E-state index contributed by atoms with van der Waals surface area (Å²) in [6.07, 6.45) is 0. The predicted octanol–water partition coefficient (Wildman–Crippen LogP) is 2.35. The van der Waals surface area contributed by atoms with Gasteiger partial charge in [-0.3, -0.25) is 19.7 Å². The fourth-order valence-electron chi connectivity index (χ4n) is 1.85. The third kappa shape index (κ3) is 5.06. The quantitative estimate of drug-likeness (QED) is 0.490. The molecule has 0 heterocycles. The number of esters is 1. The molecule has 2 aromatic carbocycles. The number of ether oxygens (including phenoxy) is 1. The highest BCUT2D eigenvalue weighted by Crippen LogP contribution is 2.12. The number of amides is 1. The van der Waals surface area contributed by atoms with Crippen LogP contribution < -0.4 is 5.32 Å². The van der Waals surface area contributed by atoms with E-state index in [2.05, 4.69) is 5.32 Å². The number of nitrogens with one attached hydrogen (secondary N) is 1. The van der Waals surface area contributed by atoms with Gasteiger partial charge in [-0.15, -0.1) is 0 Å². The molecule has 1 N–H and O–H groups in total. The van der Waals surface area contributed by atoms with E-state index in [0.29, 0.717) is 11.6 Å². The van der Waals surface area contributed by atoms with Gasteiger partial charge in [0, 0.05) is 18.2 Å². The Morgan fingerprint density at radius 1 is 1.12 bits per heavy atom. The van der Waals surface area contributed by atoms with Gasteiger partial charge in [-0.25, -0.2) is 8.78 Å². The normalized spacial score (nSPS) is 10.2. The molecule has 0 saturated heterocycles. The molecular formula is C16H12F2N2O5. The third-order valence-electron chi connectivity index (χ3n) is 3.12. The summed E-state index contributed by atoms with van der Waals surface area (Å²) in [6, 6.07) is 7.83. The Bertz CT molecular complexity index is 809. The zero-order valence-electron chi connectivity index (χ0n) is 12.7. The molecule has 0 fully saturated rings. The lowest BCUT2D eigenvalue weighted by atomic mass is 10.2. The maximum Gasteiger partial charge on any atom is 0.325 e. The van der Waals surface area contributed by atoms with Crippen LogP contribution in [0.4, 0.5) is 14.5 Å². The van der Waals surface area contributed by atoms with Crippen LogP contribution in [0.1, 0.15) is 15.9 Å². The maximum atomic E-state index is 13.4. The van der Waals surface area contributed by atoms with Crippen LogP contribution in [0.5, 0.6) is 0 Å². The molecule has 25 heavy (non-hydrogen) atoms. The fourth-order valence-corrected chi connectivity index (χ4v) is 1.85. The Labute approximate surface area is 140 Å². The minimum atomic E-state index is -1.04. The smallest absolute Gasteiger partial charge is 0.325 e. The molecule has 7 nitrogen and oxygen atoms in total. The Morgan fingerprint density at radius 3 is 2.40 bits per heavy atom. The minimum Gasteiger partial charge on any atom is -0.460 e. The number of nitro groups is 1. The Balaban J connectivity index is 1.82. The van der Waals surface area contributed by atoms with Gasteiger partial charge >= 0.3 is 5.97 Å². The second-order valence-electron chi connectivity index (χ2n) is 4.89. The molecule has 0 spiro atoms. The van der Waals surface area contributed by atoms with E-state index < -0.39 is 40.5 Å². The molecule has 0 aliphatic carbocycles. The number of nitro benzene ring substituents is 1. The molecule has 2 aromatic rings. The van der Waals surface area contributed by atoms with Crippen molar-refractivity contribution in [2.24, 2.45) is 0 Å². The van der Waals surface area contributed by atoms with Crippen LogP contribution >= 0.6 is 0 Å². The monoisotopic (exact) mass is 350 g/mol. The summed E-state index contributed by atoms with van der Waals surface area (Å²) >= 11 is 0. The van der Waals surface area contributed by atoms with E-state index in [1.165, 1.54) is 24.3 Å². The van der Waals surface area contributed by atoms with Gasteiger partial charge in [-0.05, 0) is 29.8 Å². The lowest BCUT2D eigenvalue weighted by molar-refractivity contribution is -0.384. The Kier molecular flexibility index (Phi) is 5.72. The van der Waals surface area contributed by atoms with Crippen LogP contribution in [0.2, 0.25) is 0 Å². The first-order valence-corrected chi connectivity index (χ1v) is 6.99. The van der Waals surface area contributed by atoms with Crippen LogP contribution in [0, 0.1) is 21.7 Å². The van der Waals surface area contributed by atoms with Gasteiger partial charge in [0.25, 0.3) is 11.6 Å². The molecule has 1 amide bonds. The number of carbonyl (C=O) groups excluding carboxylic acids is 2. The van der Waals surface area contributed by atoms with Crippen molar-refractivity contribution in [1.82, 2.24) is 5.32 Å². The van der Waals surface area contributed by atoms with Crippen molar-refractivity contribution in [3.05, 3.63) is 75.3 Å². The lowest BCUT2D eigenvalue weighted by Crippen LogP contribution is -2.31. The third-order valence-corrected chi connectivity index (χ3v) is 3.12. The highest BCUT2D eigenvalue weighted by molar-refractivity contribution is 5.96. The van der Waals surface area contributed by atoms with Crippen LogP contribution in [-0.2, 0) is 16.1 Å². The van der Waals surface area contributed by atoms with Crippen molar-refractivity contribution in [3.8, 4) is 0 Å². The van der Waals surface area contributed by atoms with Gasteiger partial charge in [0.1, 0.15) is 24.8 Å². The van der Waals surface area contributed by atoms with Crippen LogP contribution in [0.3, 0.4) is 0 Å². The number of non-ortho nitro benzene ring substituents is 1. The van der Waals surface area contributed by atoms with Crippen LogP contribution in [0.25, 0.3) is 0 Å². The number of nitrogens with zero attached hydrogens (tertiary/aromatic N) is 1. The second-order valence-corrected chi connectivity index (χ2v) is 4.89. The average molecular weight is 350 g/mol. The van der Waals surface area contributed by atoms with Crippen molar-refractivity contribution in [1.29, 1.82) is 0 Å². The van der Waals surface area contributed by atoms with E-state index in [4.69, 9.17) is 4.74 Å². The van der Waals surface area contributed by atoms with Gasteiger partial charge in [-0.2, -0.15) is 0 Å². The number of hydrogen-bond acceptors (Lipinski definition) is 5. The van der Waals surface area contributed by atoms with Crippen molar-refractivity contribution in [2.45, 2.75) is 6.61 Å². The SMILES string of the molecule is O=C(CNC(=O)c1ccc(F)cc1F)OCc1ccc([N+](=O)[O-])cc1. The van der Waals surface area contributed by atoms with E-state index in [9.17, 15) is 28.5 Å². The van der Waals surface area contributed by atoms with Gasteiger partial charge < -0.3 is 10.1 Å². The first-order chi connectivity index (χ1) is 11.9. The number of rotatable bonds is 6.